The van der Waals surface area contributed by atoms with Crippen LogP contribution in [0.4, 0.5) is 0 Å². The van der Waals surface area contributed by atoms with Crippen molar-refractivity contribution in [2.75, 3.05) is 0 Å². The number of carbonyl (C=O) groups excluding carboxylic acids is 1. The second-order valence-electron chi connectivity index (χ2n) is 5.51. The predicted molar refractivity (Wildman–Crippen MR) is 80.1 cm³/mol. The maximum atomic E-state index is 11.4. The SMILES string of the molecule is CC(=O)CC(CCCCCCC(=O)O)c1cnc(C)nc1. The largest absolute Gasteiger partial charge is 0.481 e. The molecule has 0 bridgehead atoms. The fraction of sp³-hybridized carbons (Fsp3) is 0.625. The molecule has 1 N–H and O–H groups in total. The number of rotatable bonds is 10. The van der Waals surface area contributed by atoms with Crippen LogP contribution < -0.4 is 0 Å². The molecule has 1 unspecified atom stereocenters. The first-order valence-corrected chi connectivity index (χ1v) is 7.49. The lowest BCUT2D eigenvalue weighted by atomic mass is 9.90. The molecule has 0 spiro atoms. The average molecular weight is 292 g/mol. The molecular weight excluding hydrogens is 268 g/mol. The molecule has 1 aromatic heterocycles. The van der Waals surface area contributed by atoms with Crippen molar-refractivity contribution in [2.45, 2.75) is 64.7 Å². The summed E-state index contributed by atoms with van der Waals surface area (Å²) < 4.78 is 0. The van der Waals surface area contributed by atoms with Gasteiger partial charge in [-0.1, -0.05) is 19.3 Å². The van der Waals surface area contributed by atoms with Crippen molar-refractivity contribution in [1.29, 1.82) is 0 Å². The van der Waals surface area contributed by atoms with Crippen LogP contribution in [0.25, 0.3) is 0 Å². The lowest BCUT2D eigenvalue weighted by Crippen LogP contribution is -2.06. The first kappa shape index (κ1) is 17.3. The molecule has 1 aromatic rings. The van der Waals surface area contributed by atoms with Crippen molar-refractivity contribution < 1.29 is 14.7 Å². The Kier molecular flexibility index (Phi) is 7.58. The second kappa shape index (κ2) is 9.21. The molecule has 0 saturated carbocycles. The van der Waals surface area contributed by atoms with E-state index in [4.69, 9.17) is 5.11 Å². The highest BCUT2D eigenvalue weighted by atomic mass is 16.4. The van der Waals surface area contributed by atoms with Crippen LogP contribution in [0.3, 0.4) is 0 Å². The molecule has 0 aliphatic carbocycles. The maximum absolute atomic E-state index is 11.4. The number of carboxylic acids is 1. The van der Waals surface area contributed by atoms with E-state index < -0.39 is 5.97 Å². The number of Topliss-reactive ketones (excluding diaryl/α,β-unsaturated/α-hetero) is 1. The summed E-state index contributed by atoms with van der Waals surface area (Å²) in [5.41, 5.74) is 1.02. The van der Waals surface area contributed by atoms with Crippen LogP contribution >= 0.6 is 0 Å². The summed E-state index contributed by atoms with van der Waals surface area (Å²) in [6.45, 7) is 3.45. The van der Waals surface area contributed by atoms with Crippen molar-refractivity contribution in [3.05, 3.63) is 23.8 Å². The van der Waals surface area contributed by atoms with Gasteiger partial charge in [-0.15, -0.1) is 0 Å². The number of aromatic nitrogens is 2. The zero-order valence-corrected chi connectivity index (χ0v) is 12.8. The minimum Gasteiger partial charge on any atom is -0.481 e. The third kappa shape index (κ3) is 7.54. The van der Waals surface area contributed by atoms with Crippen LogP contribution in [0.1, 0.15) is 69.2 Å². The lowest BCUT2D eigenvalue weighted by molar-refractivity contribution is -0.137. The molecule has 0 aliphatic rings. The Morgan fingerprint density at radius 2 is 1.76 bits per heavy atom. The number of carboxylic acid groups (broad SMARTS) is 1. The third-order valence-corrected chi connectivity index (χ3v) is 3.50. The Balaban J connectivity index is 2.42. The molecule has 21 heavy (non-hydrogen) atoms. The number of ketones is 1. The molecule has 116 valence electrons. The molecule has 1 rings (SSSR count). The molecule has 0 amide bonds. The molecule has 0 aliphatic heterocycles. The van der Waals surface area contributed by atoms with Crippen molar-refractivity contribution in [2.24, 2.45) is 0 Å². The van der Waals surface area contributed by atoms with E-state index in [1.807, 2.05) is 6.92 Å². The van der Waals surface area contributed by atoms with Gasteiger partial charge in [0.2, 0.25) is 0 Å². The van der Waals surface area contributed by atoms with Gasteiger partial charge in [0.15, 0.2) is 0 Å². The molecule has 0 saturated heterocycles. The Labute approximate surface area is 125 Å². The van der Waals surface area contributed by atoms with Gasteiger partial charge >= 0.3 is 5.97 Å². The van der Waals surface area contributed by atoms with Crippen LogP contribution in [0.15, 0.2) is 12.4 Å². The third-order valence-electron chi connectivity index (χ3n) is 3.50. The zero-order chi connectivity index (χ0) is 15.7. The highest BCUT2D eigenvalue weighted by Crippen LogP contribution is 2.25. The van der Waals surface area contributed by atoms with Crippen LogP contribution in [-0.4, -0.2) is 26.8 Å². The van der Waals surface area contributed by atoms with Gasteiger partial charge in [-0.05, 0) is 38.2 Å². The molecule has 1 heterocycles. The highest BCUT2D eigenvalue weighted by Gasteiger charge is 2.14. The fourth-order valence-corrected chi connectivity index (χ4v) is 2.37. The number of aliphatic carboxylic acids is 1. The Morgan fingerprint density at radius 3 is 2.33 bits per heavy atom. The quantitative estimate of drug-likeness (QED) is 0.669. The zero-order valence-electron chi connectivity index (χ0n) is 12.8. The predicted octanol–water partition coefficient (Wildman–Crippen LogP) is 3.27. The number of hydrogen-bond donors (Lipinski definition) is 1. The average Bonchev–Trinajstić information content (AvgIpc) is 2.41. The summed E-state index contributed by atoms with van der Waals surface area (Å²) in [7, 11) is 0. The summed E-state index contributed by atoms with van der Waals surface area (Å²) in [5.74, 6) is 0.337. The van der Waals surface area contributed by atoms with Gasteiger partial charge < -0.3 is 9.90 Å². The van der Waals surface area contributed by atoms with Crippen molar-refractivity contribution in [3.8, 4) is 0 Å². The van der Waals surface area contributed by atoms with Gasteiger partial charge in [0, 0.05) is 25.2 Å². The summed E-state index contributed by atoms with van der Waals surface area (Å²) in [4.78, 5) is 30.2. The Bertz CT molecular complexity index is 457. The van der Waals surface area contributed by atoms with Crippen LogP contribution in [-0.2, 0) is 9.59 Å². The number of hydrogen-bond acceptors (Lipinski definition) is 4. The van der Waals surface area contributed by atoms with Crippen LogP contribution in [0.2, 0.25) is 0 Å². The minimum atomic E-state index is -0.735. The molecule has 5 nitrogen and oxygen atoms in total. The van der Waals surface area contributed by atoms with Crippen molar-refractivity contribution in [3.63, 3.8) is 0 Å². The topological polar surface area (TPSA) is 80.2 Å². The molecule has 5 heteroatoms. The van der Waals surface area contributed by atoms with Crippen LogP contribution in [0, 0.1) is 6.92 Å². The standard InChI is InChI=1S/C16H24N2O3/c1-12(19)9-14(15-10-17-13(2)18-11-15)7-5-3-4-6-8-16(20)21/h10-11,14H,3-9H2,1-2H3,(H,20,21). The fourth-order valence-electron chi connectivity index (χ4n) is 2.37. The van der Waals surface area contributed by atoms with Gasteiger partial charge in [-0.3, -0.25) is 4.79 Å². The summed E-state index contributed by atoms with van der Waals surface area (Å²) >= 11 is 0. The Hall–Kier alpha value is -1.78. The minimum absolute atomic E-state index is 0.169. The monoisotopic (exact) mass is 292 g/mol. The first-order valence-electron chi connectivity index (χ1n) is 7.49. The highest BCUT2D eigenvalue weighted by molar-refractivity contribution is 5.76. The molecule has 1 atom stereocenters. The van der Waals surface area contributed by atoms with E-state index in [2.05, 4.69) is 9.97 Å². The Morgan fingerprint density at radius 1 is 1.14 bits per heavy atom. The number of nitrogens with zero attached hydrogens (tertiary/aromatic N) is 2. The number of unbranched alkanes of at least 4 members (excludes halogenated alkanes) is 3. The smallest absolute Gasteiger partial charge is 0.303 e. The summed E-state index contributed by atoms with van der Waals surface area (Å²) in [5, 5.41) is 8.58. The molecule has 0 aromatic carbocycles. The summed E-state index contributed by atoms with van der Waals surface area (Å²) in [6, 6.07) is 0. The second-order valence-corrected chi connectivity index (χ2v) is 5.51. The van der Waals surface area contributed by atoms with Gasteiger partial charge in [-0.25, -0.2) is 9.97 Å². The van der Waals surface area contributed by atoms with Crippen molar-refractivity contribution in [1.82, 2.24) is 9.97 Å². The van der Waals surface area contributed by atoms with E-state index >= 15 is 0 Å². The van der Waals surface area contributed by atoms with Crippen molar-refractivity contribution >= 4 is 11.8 Å². The van der Waals surface area contributed by atoms with Gasteiger partial charge in [0.05, 0.1) is 0 Å². The van der Waals surface area contributed by atoms with E-state index in [1.54, 1.807) is 19.3 Å². The van der Waals surface area contributed by atoms with E-state index in [1.165, 1.54) is 0 Å². The number of carbonyl (C=O) groups is 2. The first-order chi connectivity index (χ1) is 9.99. The van der Waals surface area contributed by atoms with E-state index in [-0.39, 0.29) is 18.1 Å². The molecule has 0 fully saturated rings. The van der Waals surface area contributed by atoms with Gasteiger partial charge in [-0.2, -0.15) is 0 Å². The maximum Gasteiger partial charge on any atom is 0.303 e. The van der Waals surface area contributed by atoms with Crippen LogP contribution in [0.5, 0.6) is 0 Å². The van der Waals surface area contributed by atoms with E-state index in [0.29, 0.717) is 6.42 Å². The van der Waals surface area contributed by atoms with E-state index in [0.717, 1.165) is 43.5 Å². The summed E-state index contributed by atoms with van der Waals surface area (Å²) in [6.07, 6.45) is 8.91. The van der Waals surface area contributed by atoms with E-state index in [9.17, 15) is 9.59 Å². The lowest BCUT2D eigenvalue weighted by Gasteiger charge is -2.15. The van der Waals surface area contributed by atoms with Gasteiger partial charge in [0.1, 0.15) is 11.6 Å². The van der Waals surface area contributed by atoms with Gasteiger partial charge in [0.25, 0.3) is 0 Å². The molecule has 0 radical (unpaired) electrons. The normalized spacial score (nSPS) is 12.1. The number of aryl methyl sites for hydroxylation is 1. The molecular formula is C16H24N2O3.